The van der Waals surface area contributed by atoms with E-state index in [-0.39, 0.29) is 17.4 Å². The fourth-order valence-electron chi connectivity index (χ4n) is 3.65. The summed E-state index contributed by atoms with van der Waals surface area (Å²) in [5.41, 5.74) is 0.195. The molecule has 2 heterocycles. The number of piperazine rings is 1. The third kappa shape index (κ3) is 5.81. The first-order chi connectivity index (χ1) is 15.1. The highest BCUT2D eigenvalue weighted by atomic mass is 35.5. The first-order valence-electron chi connectivity index (χ1n) is 10.7. The van der Waals surface area contributed by atoms with E-state index >= 15 is 0 Å². The van der Waals surface area contributed by atoms with Crippen LogP contribution in [0, 0.1) is 0 Å². The van der Waals surface area contributed by atoms with Crippen molar-refractivity contribution in [3.63, 3.8) is 0 Å². The number of thioether (sulfide) groups is 1. The Hall–Kier alpha value is -2.13. The van der Waals surface area contributed by atoms with Gasteiger partial charge in [-0.1, -0.05) is 23.7 Å². The predicted octanol–water partition coefficient (Wildman–Crippen LogP) is 3.99. The zero-order valence-electron chi connectivity index (χ0n) is 18.9. The van der Waals surface area contributed by atoms with Gasteiger partial charge in [-0.25, -0.2) is 9.59 Å². The molecular weight excluding hydrogens is 454 g/mol. The first kappa shape index (κ1) is 24.5. The lowest BCUT2D eigenvalue weighted by Crippen LogP contribution is -2.56. The number of halogens is 1. The van der Waals surface area contributed by atoms with Gasteiger partial charge in [0.15, 0.2) is 0 Å². The highest BCUT2D eigenvalue weighted by Crippen LogP contribution is 2.43. The van der Waals surface area contributed by atoms with Crippen LogP contribution in [0.15, 0.2) is 24.3 Å². The van der Waals surface area contributed by atoms with E-state index in [0.29, 0.717) is 43.6 Å². The van der Waals surface area contributed by atoms with Gasteiger partial charge in [0.2, 0.25) is 5.91 Å². The average molecular weight is 484 g/mol. The molecule has 2 aliphatic heterocycles. The van der Waals surface area contributed by atoms with E-state index < -0.39 is 17.7 Å². The van der Waals surface area contributed by atoms with Crippen molar-refractivity contribution >= 4 is 41.5 Å². The van der Waals surface area contributed by atoms with Crippen molar-refractivity contribution in [1.29, 1.82) is 0 Å². The van der Waals surface area contributed by atoms with Gasteiger partial charge in [-0.2, -0.15) is 0 Å². The summed E-state index contributed by atoms with van der Waals surface area (Å²) < 4.78 is 10.7. The van der Waals surface area contributed by atoms with Crippen LogP contribution in [-0.4, -0.2) is 83.0 Å². The van der Waals surface area contributed by atoms with Crippen LogP contribution in [0.5, 0.6) is 0 Å². The Labute approximate surface area is 198 Å². The number of carbonyl (C=O) groups excluding carboxylic acids is 3. The monoisotopic (exact) mass is 483 g/mol. The molecule has 2 unspecified atom stereocenters. The summed E-state index contributed by atoms with van der Waals surface area (Å²) in [5, 5.41) is 0.254. The molecule has 0 spiro atoms. The average Bonchev–Trinajstić information content (AvgIpc) is 3.18. The van der Waals surface area contributed by atoms with Crippen LogP contribution in [0.3, 0.4) is 0 Å². The summed E-state index contributed by atoms with van der Waals surface area (Å²) >= 11 is 7.56. The van der Waals surface area contributed by atoms with E-state index in [2.05, 4.69) is 0 Å². The molecular formula is C22H30ClN3O5S. The van der Waals surface area contributed by atoms with Crippen LogP contribution in [0.25, 0.3) is 0 Å². The third-order valence-corrected chi connectivity index (χ3v) is 6.74. The molecule has 2 saturated heterocycles. The Morgan fingerprint density at radius 3 is 2.19 bits per heavy atom. The zero-order chi connectivity index (χ0) is 23.5. The van der Waals surface area contributed by atoms with Gasteiger partial charge >= 0.3 is 12.2 Å². The Balaban J connectivity index is 1.76. The number of ether oxygens (including phenoxy) is 2. The number of hydrogen-bond donors (Lipinski definition) is 0. The normalized spacial score (nSPS) is 21.5. The van der Waals surface area contributed by atoms with Crippen molar-refractivity contribution in [1.82, 2.24) is 14.7 Å². The topological polar surface area (TPSA) is 79.4 Å². The molecule has 0 radical (unpaired) electrons. The molecule has 0 aliphatic carbocycles. The Morgan fingerprint density at radius 2 is 1.62 bits per heavy atom. The van der Waals surface area contributed by atoms with Crippen molar-refractivity contribution in [2.24, 2.45) is 0 Å². The van der Waals surface area contributed by atoms with Crippen LogP contribution >= 0.6 is 23.4 Å². The van der Waals surface area contributed by atoms with E-state index in [4.69, 9.17) is 21.1 Å². The van der Waals surface area contributed by atoms with E-state index in [0.717, 1.165) is 5.56 Å². The lowest BCUT2D eigenvalue weighted by atomic mass is 10.1. The standard InChI is InChI=1S/C22H30ClN3O5S/c1-5-30-20(28)25-12-10-24(11-13-25)18(27)17-14-32-19(15-6-8-16(23)9-7-15)26(17)21(29)31-22(2,3)4/h6-9,17,19H,5,10-14H2,1-4H3. The molecule has 8 nitrogen and oxygen atoms in total. The summed E-state index contributed by atoms with van der Waals surface area (Å²) in [6.45, 7) is 9.07. The maximum atomic E-state index is 13.4. The first-order valence-corrected chi connectivity index (χ1v) is 12.1. The van der Waals surface area contributed by atoms with Gasteiger partial charge in [-0.3, -0.25) is 9.69 Å². The van der Waals surface area contributed by atoms with E-state index in [1.165, 1.54) is 11.8 Å². The summed E-state index contributed by atoms with van der Waals surface area (Å²) in [5.74, 6) is 0.326. The number of hydrogen-bond acceptors (Lipinski definition) is 6. The molecule has 32 heavy (non-hydrogen) atoms. The van der Waals surface area contributed by atoms with E-state index in [9.17, 15) is 14.4 Å². The fraction of sp³-hybridized carbons (Fsp3) is 0.591. The molecule has 0 bridgehead atoms. The van der Waals surface area contributed by atoms with Crippen molar-refractivity contribution in [3.05, 3.63) is 34.9 Å². The predicted molar refractivity (Wildman–Crippen MR) is 124 cm³/mol. The lowest BCUT2D eigenvalue weighted by molar-refractivity contribution is -0.137. The van der Waals surface area contributed by atoms with Crippen LogP contribution in [0.2, 0.25) is 5.02 Å². The quantitative estimate of drug-likeness (QED) is 0.646. The van der Waals surface area contributed by atoms with E-state index in [1.807, 2.05) is 12.1 Å². The molecule has 0 aromatic heterocycles. The largest absolute Gasteiger partial charge is 0.450 e. The van der Waals surface area contributed by atoms with Gasteiger partial charge in [0.25, 0.3) is 0 Å². The van der Waals surface area contributed by atoms with Crippen molar-refractivity contribution in [2.45, 2.75) is 44.7 Å². The summed E-state index contributed by atoms with van der Waals surface area (Å²) in [7, 11) is 0. The fourth-order valence-corrected chi connectivity index (χ4v) is 5.19. The third-order valence-electron chi connectivity index (χ3n) is 5.16. The number of amides is 3. The van der Waals surface area contributed by atoms with Gasteiger partial charge in [-0.05, 0) is 45.4 Å². The minimum Gasteiger partial charge on any atom is -0.450 e. The van der Waals surface area contributed by atoms with Gasteiger partial charge in [0.1, 0.15) is 17.0 Å². The van der Waals surface area contributed by atoms with Gasteiger partial charge in [-0.15, -0.1) is 11.8 Å². The molecule has 3 rings (SSSR count). The number of rotatable bonds is 3. The number of nitrogens with zero attached hydrogens (tertiary/aromatic N) is 3. The summed E-state index contributed by atoms with van der Waals surface area (Å²) in [6, 6.07) is 6.62. The SMILES string of the molecule is CCOC(=O)N1CCN(C(=O)C2CSC(c3ccc(Cl)cc3)N2C(=O)OC(C)(C)C)CC1. The second-order valence-corrected chi connectivity index (χ2v) is 10.2. The van der Waals surface area contributed by atoms with Crippen LogP contribution in [0.4, 0.5) is 9.59 Å². The molecule has 0 N–H and O–H groups in total. The second kappa shape index (κ2) is 10.2. The second-order valence-electron chi connectivity index (χ2n) is 8.65. The summed E-state index contributed by atoms with van der Waals surface area (Å²) in [4.78, 5) is 43.4. The van der Waals surface area contributed by atoms with Gasteiger partial charge in [0, 0.05) is 37.0 Å². The molecule has 1 aromatic carbocycles. The molecule has 10 heteroatoms. The molecule has 1 aromatic rings. The smallest absolute Gasteiger partial charge is 0.412 e. The lowest BCUT2D eigenvalue weighted by Gasteiger charge is -2.37. The Bertz CT molecular complexity index is 837. The number of benzene rings is 1. The molecule has 176 valence electrons. The van der Waals surface area contributed by atoms with Crippen LogP contribution < -0.4 is 0 Å². The van der Waals surface area contributed by atoms with Crippen LogP contribution in [-0.2, 0) is 14.3 Å². The molecule has 2 atom stereocenters. The minimum absolute atomic E-state index is 0.136. The summed E-state index contributed by atoms with van der Waals surface area (Å²) in [6.07, 6.45) is -0.889. The minimum atomic E-state index is -0.687. The van der Waals surface area contributed by atoms with Gasteiger partial charge < -0.3 is 19.3 Å². The maximum absolute atomic E-state index is 13.4. The van der Waals surface area contributed by atoms with Crippen molar-refractivity contribution < 1.29 is 23.9 Å². The maximum Gasteiger partial charge on any atom is 0.412 e. The van der Waals surface area contributed by atoms with Crippen molar-refractivity contribution in [2.75, 3.05) is 38.5 Å². The van der Waals surface area contributed by atoms with Gasteiger partial charge in [0.05, 0.1) is 6.61 Å². The highest BCUT2D eigenvalue weighted by Gasteiger charge is 2.46. The molecule has 0 saturated carbocycles. The Morgan fingerprint density at radius 1 is 1.03 bits per heavy atom. The molecule has 2 fully saturated rings. The van der Waals surface area contributed by atoms with E-state index in [1.54, 1.807) is 54.5 Å². The number of carbonyl (C=O) groups is 3. The molecule has 3 amide bonds. The molecule has 2 aliphatic rings. The Kier molecular flexibility index (Phi) is 7.82. The van der Waals surface area contributed by atoms with Crippen molar-refractivity contribution in [3.8, 4) is 0 Å². The van der Waals surface area contributed by atoms with Crippen LogP contribution in [0.1, 0.15) is 38.6 Å². The zero-order valence-corrected chi connectivity index (χ0v) is 20.4. The highest BCUT2D eigenvalue weighted by molar-refractivity contribution is 7.99.